The van der Waals surface area contributed by atoms with Gasteiger partial charge in [-0.05, 0) is 55.4 Å². The van der Waals surface area contributed by atoms with Crippen molar-refractivity contribution in [1.29, 1.82) is 0 Å². The minimum atomic E-state index is -0.707. The zero-order chi connectivity index (χ0) is 24.0. The summed E-state index contributed by atoms with van der Waals surface area (Å²) in [6, 6.07) is 12.5. The summed E-state index contributed by atoms with van der Waals surface area (Å²) in [7, 11) is 0. The number of halogens is 1. The Kier molecular flexibility index (Phi) is 8.20. The van der Waals surface area contributed by atoms with Crippen LogP contribution in [0.1, 0.15) is 53.0 Å². The first kappa shape index (κ1) is 24.4. The molecule has 1 atom stereocenters. The molecular weight excluding hydrogens is 421 g/mol. The predicted octanol–water partition coefficient (Wildman–Crippen LogP) is 3.56. The molecule has 0 aromatic heterocycles. The zero-order valence-electron chi connectivity index (χ0n) is 19.4. The van der Waals surface area contributed by atoms with E-state index in [1.165, 1.54) is 12.1 Å². The molecule has 3 amide bonds. The smallest absolute Gasteiger partial charge is 0.256 e. The second-order valence-electron chi connectivity index (χ2n) is 9.01. The van der Waals surface area contributed by atoms with Gasteiger partial charge in [0.1, 0.15) is 11.9 Å². The molecule has 3 rings (SSSR count). The molecule has 0 bridgehead atoms. The molecular formula is C26H32FN3O3. The molecule has 7 heteroatoms. The summed E-state index contributed by atoms with van der Waals surface area (Å²) in [6.45, 7) is 7.18. The van der Waals surface area contributed by atoms with Crippen LogP contribution in [0.25, 0.3) is 0 Å². The van der Waals surface area contributed by atoms with Crippen LogP contribution in [0.2, 0.25) is 0 Å². The Hall–Kier alpha value is -3.22. The van der Waals surface area contributed by atoms with E-state index in [2.05, 4.69) is 10.6 Å². The molecule has 2 aromatic carbocycles. The Bertz CT molecular complexity index is 1000. The highest BCUT2D eigenvalue weighted by Gasteiger charge is 2.34. The van der Waals surface area contributed by atoms with Crippen LogP contribution in [0.4, 0.5) is 4.39 Å². The van der Waals surface area contributed by atoms with Crippen LogP contribution in [0.15, 0.2) is 48.5 Å². The van der Waals surface area contributed by atoms with Gasteiger partial charge in [-0.2, -0.15) is 0 Å². The van der Waals surface area contributed by atoms with Gasteiger partial charge in [0.15, 0.2) is 0 Å². The molecule has 33 heavy (non-hydrogen) atoms. The van der Waals surface area contributed by atoms with Crippen LogP contribution in [0.3, 0.4) is 0 Å². The molecule has 1 aliphatic heterocycles. The van der Waals surface area contributed by atoms with E-state index in [1.54, 1.807) is 29.2 Å². The lowest BCUT2D eigenvalue weighted by Crippen LogP contribution is -2.54. The quantitative estimate of drug-likeness (QED) is 0.673. The largest absolute Gasteiger partial charge is 0.354 e. The van der Waals surface area contributed by atoms with Gasteiger partial charge in [-0.1, -0.05) is 44.2 Å². The lowest BCUT2D eigenvalue weighted by molar-refractivity contribution is -0.124. The molecule has 0 spiro atoms. The van der Waals surface area contributed by atoms with Crippen molar-refractivity contribution in [2.24, 2.45) is 11.8 Å². The maximum atomic E-state index is 14.0. The number of hydrogen-bond acceptors (Lipinski definition) is 3. The monoisotopic (exact) mass is 453 g/mol. The summed E-state index contributed by atoms with van der Waals surface area (Å²) >= 11 is 0. The van der Waals surface area contributed by atoms with E-state index in [0.717, 1.165) is 5.56 Å². The Morgan fingerprint density at radius 2 is 1.61 bits per heavy atom. The summed E-state index contributed by atoms with van der Waals surface area (Å²) in [5, 5.41) is 5.87. The molecule has 1 saturated heterocycles. The first-order valence-electron chi connectivity index (χ1n) is 11.5. The average molecular weight is 454 g/mol. The zero-order valence-corrected chi connectivity index (χ0v) is 19.4. The van der Waals surface area contributed by atoms with E-state index in [9.17, 15) is 18.8 Å². The number of rotatable bonds is 7. The number of amides is 3. The van der Waals surface area contributed by atoms with E-state index in [0.29, 0.717) is 38.0 Å². The van der Waals surface area contributed by atoms with Crippen molar-refractivity contribution in [3.63, 3.8) is 0 Å². The van der Waals surface area contributed by atoms with Crippen molar-refractivity contribution < 1.29 is 18.8 Å². The summed E-state index contributed by atoms with van der Waals surface area (Å²) in [5.41, 5.74) is 1.42. The number of nitrogens with zero attached hydrogens (tertiary/aromatic N) is 1. The molecule has 2 aromatic rings. The topological polar surface area (TPSA) is 78.5 Å². The van der Waals surface area contributed by atoms with Gasteiger partial charge in [-0.25, -0.2) is 4.39 Å². The van der Waals surface area contributed by atoms with Gasteiger partial charge in [-0.3, -0.25) is 14.4 Å². The fraction of sp³-hybridized carbons (Fsp3) is 0.423. The molecule has 6 nitrogen and oxygen atoms in total. The SMILES string of the molecule is Cc1ccccc1C(=O)NC(C(=O)NCC(C)C)C1CCN(C(=O)c2ccccc2F)CC1. The van der Waals surface area contributed by atoms with E-state index in [1.807, 2.05) is 32.9 Å². The van der Waals surface area contributed by atoms with Crippen LogP contribution in [-0.2, 0) is 4.79 Å². The van der Waals surface area contributed by atoms with Crippen LogP contribution in [0.5, 0.6) is 0 Å². The Morgan fingerprint density at radius 1 is 1.00 bits per heavy atom. The molecule has 0 saturated carbocycles. The second-order valence-corrected chi connectivity index (χ2v) is 9.01. The summed E-state index contributed by atoms with van der Waals surface area (Å²) in [4.78, 5) is 40.3. The number of aryl methyl sites for hydroxylation is 1. The lowest BCUT2D eigenvalue weighted by atomic mass is 9.88. The molecule has 1 aliphatic rings. The van der Waals surface area contributed by atoms with Crippen molar-refractivity contribution in [2.75, 3.05) is 19.6 Å². The van der Waals surface area contributed by atoms with E-state index < -0.39 is 11.9 Å². The van der Waals surface area contributed by atoms with Gasteiger partial charge in [0, 0.05) is 25.2 Å². The number of nitrogens with one attached hydrogen (secondary N) is 2. The number of likely N-dealkylation sites (tertiary alicyclic amines) is 1. The normalized spacial score (nSPS) is 15.2. The highest BCUT2D eigenvalue weighted by molar-refractivity contribution is 5.98. The highest BCUT2D eigenvalue weighted by Crippen LogP contribution is 2.24. The third-order valence-corrected chi connectivity index (χ3v) is 6.05. The van der Waals surface area contributed by atoms with Gasteiger partial charge in [-0.15, -0.1) is 0 Å². The standard InChI is InChI=1S/C26H32FN3O3/c1-17(2)16-28-25(32)23(29-24(31)20-9-5-4-8-18(20)3)19-12-14-30(15-13-19)26(33)21-10-6-7-11-22(21)27/h4-11,17,19,23H,12-16H2,1-3H3,(H,28,32)(H,29,31). The molecule has 176 valence electrons. The summed E-state index contributed by atoms with van der Waals surface area (Å²) < 4.78 is 14.0. The number of benzene rings is 2. The van der Waals surface area contributed by atoms with Gasteiger partial charge >= 0.3 is 0 Å². The second kappa shape index (κ2) is 11.1. The fourth-order valence-corrected chi connectivity index (χ4v) is 4.10. The minimum Gasteiger partial charge on any atom is -0.354 e. The molecule has 1 unspecified atom stereocenters. The Labute approximate surface area is 194 Å². The molecule has 1 fully saturated rings. The maximum Gasteiger partial charge on any atom is 0.256 e. The van der Waals surface area contributed by atoms with E-state index in [-0.39, 0.29) is 35.1 Å². The maximum absolute atomic E-state index is 14.0. The Balaban J connectivity index is 1.71. The van der Waals surface area contributed by atoms with Crippen LogP contribution < -0.4 is 10.6 Å². The Morgan fingerprint density at radius 3 is 2.21 bits per heavy atom. The number of piperidine rings is 1. The van der Waals surface area contributed by atoms with Gasteiger partial charge in [0.05, 0.1) is 5.56 Å². The van der Waals surface area contributed by atoms with Crippen LogP contribution >= 0.6 is 0 Å². The summed E-state index contributed by atoms with van der Waals surface area (Å²) in [5.74, 6) is -1.25. The number of hydrogen-bond donors (Lipinski definition) is 2. The fourth-order valence-electron chi connectivity index (χ4n) is 4.10. The van der Waals surface area contributed by atoms with Crippen LogP contribution in [-0.4, -0.2) is 48.3 Å². The van der Waals surface area contributed by atoms with Crippen LogP contribution in [0, 0.1) is 24.6 Å². The van der Waals surface area contributed by atoms with E-state index in [4.69, 9.17) is 0 Å². The molecule has 2 N–H and O–H groups in total. The van der Waals surface area contributed by atoms with Crippen molar-refractivity contribution >= 4 is 17.7 Å². The van der Waals surface area contributed by atoms with Crippen molar-refractivity contribution in [1.82, 2.24) is 15.5 Å². The molecule has 0 aliphatic carbocycles. The first-order valence-corrected chi connectivity index (χ1v) is 11.5. The molecule has 1 heterocycles. The van der Waals surface area contributed by atoms with Crippen molar-refractivity contribution in [3.05, 3.63) is 71.0 Å². The first-order chi connectivity index (χ1) is 15.8. The van der Waals surface area contributed by atoms with E-state index >= 15 is 0 Å². The highest BCUT2D eigenvalue weighted by atomic mass is 19.1. The number of carbonyl (C=O) groups is 3. The third kappa shape index (κ3) is 6.18. The minimum absolute atomic E-state index is 0.0510. The summed E-state index contributed by atoms with van der Waals surface area (Å²) in [6.07, 6.45) is 1.07. The number of carbonyl (C=O) groups excluding carboxylic acids is 3. The van der Waals surface area contributed by atoms with Gasteiger partial charge < -0.3 is 15.5 Å². The predicted molar refractivity (Wildman–Crippen MR) is 125 cm³/mol. The molecule has 0 radical (unpaired) electrons. The van der Waals surface area contributed by atoms with Gasteiger partial charge in [0.2, 0.25) is 5.91 Å². The lowest BCUT2D eigenvalue weighted by Gasteiger charge is -2.36. The average Bonchev–Trinajstić information content (AvgIpc) is 2.81. The van der Waals surface area contributed by atoms with Crippen molar-refractivity contribution in [3.8, 4) is 0 Å². The third-order valence-electron chi connectivity index (χ3n) is 6.05. The van der Waals surface area contributed by atoms with Gasteiger partial charge in [0.25, 0.3) is 11.8 Å². The van der Waals surface area contributed by atoms with Crippen molar-refractivity contribution in [2.45, 2.75) is 39.7 Å².